The van der Waals surface area contributed by atoms with Crippen LogP contribution in [0.4, 0.5) is 5.82 Å². The Morgan fingerprint density at radius 2 is 1.85 bits per heavy atom. The van der Waals surface area contributed by atoms with Crippen LogP contribution >= 0.6 is 0 Å². The van der Waals surface area contributed by atoms with Gasteiger partial charge in [-0.05, 0) is 29.7 Å². The second-order valence-corrected chi connectivity index (χ2v) is 5.61. The molecule has 0 aliphatic rings. The summed E-state index contributed by atoms with van der Waals surface area (Å²) in [5, 5.41) is 0. The summed E-state index contributed by atoms with van der Waals surface area (Å²) in [4.78, 5) is 4.16. The fraction of sp³-hybridized carbons (Fsp3) is 0.312. The molecule has 0 unspecified atom stereocenters. The molecule has 0 amide bonds. The molecule has 0 saturated heterocycles. The first kappa shape index (κ1) is 14.2. The number of benzene rings is 1. The van der Waals surface area contributed by atoms with E-state index in [1.807, 2.05) is 24.3 Å². The van der Waals surface area contributed by atoms with Crippen LogP contribution in [0.3, 0.4) is 0 Å². The van der Waals surface area contributed by atoms with Gasteiger partial charge in [0.15, 0.2) is 0 Å². The zero-order chi connectivity index (χ0) is 14.8. The minimum Gasteiger partial charge on any atom is -0.497 e. The van der Waals surface area contributed by atoms with Crippen LogP contribution < -0.4 is 15.2 Å². The number of ether oxygens (including phenoxy) is 2. The lowest BCUT2D eigenvalue weighted by atomic mass is 9.86. The minimum absolute atomic E-state index is 0.0653. The third-order valence-corrected chi connectivity index (χ3v) is 2.95. The third kappa shape index (κ3) is 3.20. The van der Waals surface area contributed by atoms with Crippen molar-refractivity contribution in [1.82, 2.24) is 4.98 Å². The van der Waals surface area contributed by atoms with Crippen LogP contribution in [0.1, 0.15) is 26.3 Å². The second kappa shape index (κ2) is 5.41. The van der Waals surface area contributed by atoms with Gasteiger partial charge in [0.2, 0.25) is 5.88 Å². The SMILES string of the molecule is COc1ccc(Oc2cccc(N)n2)c(C(C)(C)C)c1. The van der Waals surface area contributed by atoms with Crippen molar-refractivity contribution in [3.05, 3.63) is 42.0 Å². The van der Waals surface area contributed by atoms with Crippen molar-refractivity contribution in [1.29, 1.82) is 0 Å². The Bertz CT molecular complexity index is 604. The maximum Gasteiger partial charge on any atom is 0.221 e. The average molecular weight is 272 g/mol. The van der Waals surface area contributed by atoms with Crippen molar-refractivity contribution in [3.8, 4) is 17.4 Å². The highest BCUT2D eigenvalue weighted by molar-refractivity contribution is 5.46. The fourth-order valence-corrected chi connectivity index (χ4v) is 1.91. The van der Waals surface area contributed by atoms with Gasteiger partial charge in [-0.3, -0.25) is 0 Å². The summed E-state index contributed by atoms with van der Waals surface area (Å²) < 4.78 is 11.2. The lowest BCUT2D eigenvalue weighted by Crippen LogP contribution is -2.13. The Labute approximate surface area is 119 Å². The maximum atomic E-state index is 5.87. The van der Waals surface area contributed by atoms with Gasteiger partial charge in [-0.25, -0.2) is 0 Å². The van der Waals surface area contributed by atoms with E-state index >= 15 is 0 Å². The van der Waals surface area contributed by atoms with Gasteiger partial charge in [-0.15, -0.1) is 0 Å². The molecule has 0 fully saturated rings. The fourth-order valence-electron chi connectivity index (χ4n) is 1.91. The normalized spacial score (nSPS) is 11.2. The number of aromatic nitrogens is 1. The van der Waals surface area contributed by atoms with Gasteiger partial charge < -0.3 is 15.2 Å². The zero-order valence-electron chi connectivity index (χ0n) is 12.3. The summed E-state index contributed by atoms with van der Waals surface area (Å²) in [6.07, 6.45) is 0. The molecule has 0 spiro atoms. The highest BCUT2D eigenvalue weighted by Gasteiger charge is 2.20. The van der Waals surface area contributed by atoms with E-state index in [1.165, 1.54) is 0 Å². The van der Waals surface area contributed by atoms with E-state index in [9.17, 15) is 0 Å². The van der Waals surface area contributed by atoms with Gasteiger partial charge in [0, 0.05) is 11.6 Å². The monoisotopic (exact) mass is 272 g/mol. The Balaban J connectivity index is 2.41. The van der Waals surface area contributed by atoms with Gasteiger partial charge in [0.05, 0.1) is 7.11 Å². The zero-order valence-corrected chi connectivity index (χ0v) is 12.3. The van der Waals surface area contributed by atoms with Crippen molar-refractivity contribution >= 4 is 5.82 Å². The number of nitrogens with two attached hydrogens (primary N) is 1. The highest BCUT2D eigenvalue weighted by atomic mass is 16.5. The first-order valence-electron chi connectivity index (χ1n) is 6.49. The highest BCUT2D eigenvalue weighted by Crippen LogP contribution is 2.36. The Morgan fingerprint density at radius 1 is 1.10 bits per heavy atom. The standard InChI is InChI=1S/C16H20N2O2/c1-16(2,3)12-10-11(19-4)8-9-13(12)20-15-7-5-6-14(17)18-15/h5-10H,1-4H3,(H2,17,18). The van der Waals surface area contributed by atoms with Gasteiger partial charge >= 0.3 is 0 Å². The van der Waals surface area contributed by atoms with Crippen LogP contribution in [0.25, 0.3) is 0 Å². The smallest absolute Gasteiger partial charge is 0.221 e. The molecule has 106 valence electrons. The number of nitrogen functional groups attached to an aromatic ring is 1. The summed E-state index contributed by atoms with van der Waals surface area (Å²) >= 11 is 0. The van der Waals surface area contributed by atoms with Crippen molar-refractivity contribution in [2.45, 2.75) is 26.2 Å². The maximum absolute atomic E-state index is 5.87. The molecule has 2 aromatic rings. The minimum atomic E-state index is -0.0653. The average Bonchev–Trinajstić information content (AvgIpc) is 2.38. The molecule has 0 saturated carbocycles. The molecule has 2 rings (SSSR count). The van der Waals surface area contributed by atoms with Gasteiger partial charge in [-0.1, -0.05) is 26.8 Å². The van der Waals surface area contributed by atoms with Crippen LogP contribution in [-0.2, 0) is 5.41 Å². The van der Waals surface area contributed by atoms with E-state index in [1.54, 1.807) is 19.2 Å². The van der Waals surface area contributed by atoms with Gasteiger partial charge in [-0.2, -0.15) is 4.98 Å². The number of methoxy groups -OCH3 is 1. The summed E-state index contributed by atoms with van der Waals surface area (Å²) in [7, 11) is 1.65. The molecule has 4 nitrogen and oxygen atoms in total. The topological polar surface area (TPSA) is 57.4 Å². The lowest BCUT2D eigenvalue weighted by molar-refractivity contribution is 0.405. The molecule has 0 aliphatic heterocycles. The number of anilines is 1. The molecule has 1 aromatic carbocycles. The van der Waals surface area contributed by atoms with Crippen LogP contribution in [0, 0.1) is 0 Å². The van der Waals surface area contributed by atoms with E-state index in [2.05, 4.69) is 25.8 Å². The number of hydrogen-bond acceptors (Lipinski definition) is 4. The van der Waals surface area contributed by atoms with E-state index in [0.717, 1.165) is 17.1 Å². The molecular weight excluding hydrogens is 252 g/mol. The predicted octanol–water partition coefficient (Wildman–Crippen LogP) is 3.76. The van der Waals surface area contributed by atoms with Crippen LogP contribution in [0.15, 0.2) is 36.4 Å². The van der Waals surface area contributed by atoms with Gasteiger partial charge in [0.25, 0.3) is 0 Å². The molecule has 0 radical (unpaired) electrons. The molecule has 0 bridgehead atoms. The van der Waals surface area contributed by atoms with Gasteiger partial charge in [0.1, 0.15) is 17.3 Å². The largest absolute Gasteiger partial charge is 0.497 e. The lowest BCUT2D eigenvalue weighted by Gasteiger charge is -2.23. The van der Waals surface area contributed by atoms with E-state index in [-0.39, 0.29) is 5.41 Å². The van der Waals surface area contributed by atoms with Crippen LogP contribution in [-0.4, -0.2) is 12.1 Å². The molecule has 2 N–H and O–H groups in total. The summed E-state index contributed by atoms with van der Waals surface area (Å²) in [5.41, 5.74) is 6.66. The number of hydrogen-bond donors (Lipinski definition) is 1. The number of rotatable bonds is 3. The summed E-state index contributed by atoms with van der Waals surface area (Å²) in [6.45, 7) is 6.38. The van der Waals surface area contributed by atoms with Crippen molar-refractivity contribution < 1.29 is 9.47 Å². The predicted molar refractivity (Wildman–Crippen MR) is 80.4 cm³/mol. The van der Waals surface area contributed by atoms with Crippen LogP contribution in [0.2, 0.25) is 0 Å². The molecule has 1 aromatic heterocycles. The van der Waals surface area contributed by atoms with Crippen molar-refractivity contribution in [2.75, 3.05) is 12.8 Å². The Hall–Kier alpha value is -2.23. The van der Waals surface area contributed by atoms with E-state index in [4.69, 9.17) is 15.2 Å². The van der Waals surface area contributed by atoms with E-state index in [0.29, 0.717) is 11.7 Å². The molecule has 4 heteroatoms. The molecule has 1 heterocycles. The molecular formula is C16H20N2O2. The van der Waals surface area contributed by atoms with Crippen molar-refractivity contribution in [3.63, 3.8) is 0 Å². The molecule has 20 heavy (non-hydrogen) atoms. The first-order chi connectivity index (χ1) is 9.40. The molecule has 0 aliphatic carbocycles. The summed E-state index contributed by atoms with van der Waals surface area (Å²) in [6, 6.07) is 11.1. The Morgan fingerprint density at radius 3 is 2.45 bits per heavy atom. The number of pyridine rings is 1. The summed E-state index contributed by atoms with van der Waals surface area (Å²) in [5.74, 6) is 2.49. The van der Waals surface area contributed by atoms with Crippen LogP contribution in [0.5, 0.6) is 17.4 Å². The van der Waals surface area contributed by atoms with Crippen molar-refractivity contribution in [2.24, 2.45) is 0 Å². The quantitative estimate of drug-likeness (QED) is 0.924. The Kier molecular flexibility index (Phi) is 3.84. The third-order valence-electron chi connectivity index (χ3n) is 2.95. The first-order valence-corrected chi connectivity index (χ1v) is 6.49. The molecule has 0 atom stereocenters. The van der Waals surface area contributed by atoms with E-state index < -0.39 is 0 Å². The number of nitrogens with zero attached hydrogens (tertiary/aromatic N) is 1. The second-order valence-electron chi connectivity index (χ2n) is 5.61.